The molecule has 0 radical (unpaired) electrons. The molecule has 3 aromatic heterocycles. The predicted octanol–water partition coefficient (Wildman–Crippen LogP) is 4.70. The summed E-state index contributed by atoms with van der Waals surface area (Å²) in [5.74, 6) is 0.284. The molecule has 15 nitrogen and oxygen atoms in total. The highest BCUT2D eigenvalue weighted by atomic mass is 79.9. The second-order valence-electron chi connectivity index (χ2n) is 16.6. The monoisotopic (exact) mass is 851 g/mol. The Balaban J connectivity index is 0.764. The molecule has 1 unspecified atom stereocenters. The number of carbonyl (C=O) groups excluding carboxylic acids is 4. The molecule has 16 heteroatoms. The van der Waals surface area contributed by atoms with Gasteiger partial charge in [-0.15, -0.1) is 0 Å². The van der Waals surface area contributed by atoms with E-state index < -0.39 is 6.04 Å². The first-order valence-electron chi connectivity index (χ1n) is 20.6. The Morgan fingerprint density at radius 1 is 0.914 bits per heavy atom. The maximum atomic E-state index is 13.3. The molecule has 0 spiro atoms. The summed E-state index contributed by atoms with van der Waals surface area (Å²) in [6.07, 6.45) is 10.9. The van der Waals surface area contributed by atoms with Crippen molar-refractivity contribution in [1.82, 2.24) is 44.4 Å². The van der Waals surface area contributed by atoms with Crippen LogP contribution in [0.5, 0.6) is 0 Å². The maximum Gasteiger partial charge on any atom is 0.270 e. The number of halogens is 1. The van der Waals surface area contributed by atoms with Gasteiger partial charge in [0.2, 0.25) is 17.8 Å². The second kappa shape index (κ2) is 16.0. The number of imide groups is 1. The molecule has 4 aromatic rings. The Bertz CT molecular complexity index is 2240. The topological polar surface area (TPSA) is 152 Å². The average Bonchev–Trinajstić information content (AvgIpc) is 3.96. The van der Waals surface area contributed by atoms with E-state index in [2.05, 4.69) is 62.9 Å². The van der Waals surface area contributed by atoms with Crippen LogP contribution in [0.4, 0.5) is 17.5 Å². The lowest BCUT2D eigenvalue weighted by Gasteiger charge is -2.43. The summed E-state index contributed by atoms with van der Waals surface area (Å²) in [6, 6.07) is 10.4. The van der Waals surface area contributed by atoms with Crippen LogP contribution in [-0.4, -0.2) is 128 Å². The molecule has 4 fully saturated rings. The van der Waals surface area contributed by atoms with Gasteiger partial charge in [-0.3, -0.25) is 34.3 Å². The quantitative estimate of drug-likeness (QED) is 0.226. The summed E-state index contributed by atoms with van der Waals surface area (Å²) < 4.78 is 2.89. The molecule has 304 valence electrons. The Labute approximate surface area is 346 Å². The van der Waals surface area contributed by atoms with Crippen LogP contribution in [-0.2, 0) is 22.7 Å². The van der Waals surface area contributed by atoms with Gasteiger partial charge in [0.1, 0.15) is 23.2 Å². The molecule has 58 heavy (non-hydrogen) atoms. The van der Waals surface area contributed by atoms with Gasteiger partial charge < -0.3 is 24.6 Å². The van der Waals surface area contributed by atoms with Crippen LogP contribution in [0.15, 0.2) is 47.2 Å². The van der Waals surface area contributed by atoms with Gasteiger partial charge in [-0.05, 0) is 83.4 Å². The molecule has 3 saturated heterocycles. The molecular weight excluding hydrogens is 802 g/mol. The zero-order valence-corrected chi connectivity index (χ0v) is 34.7. The van der Waals surface area contributed by atoms with Gasteiger partial charge in [-0.1, -0.05) is 18.9 Å². The molecule has 1 atom stereocenters. The van der Waals surface area contributed by atoms with Crippen LogP contribution < -0.4 is 15.5 Å². The van der Waals surface area contributed by atoms with Gasteiger partial charge >= 0.3 is 0 Å². The fourth-order valence-electron chi connectivity index (χ4n) is 9.60. The van der Waals surface area contributed by atoms with Crippen molar-refractivity contribution in [3.05, 3.63) is 69.6 Å². The van der Waals surface area contributed by atoms with E-state index in [1.54, 1.807) is 30.1 Å². The van der Waals surface area contributed by atoms with E-state index >= 15 is 0 Å². The number of piperidine rings is 2. The summed E-state index contributed by atoms with van der Waals surface area (Å²) in [5, 5.41) is 6.54. The van der Waals surface area contributed by atoms with Crippen LogP contribution in [0.3, 0.4) is 0 Å². The summed E-state index contributed by atoms with van der Waals surface area (Å²) >= 11 is 3.65. The standard InChI is InChI=1S/C42H50BrN11O4/c1-49(2)40(57)34-21-27-22-45-42(48-38(27)54(34)30-5-3-4-6-30)46-35-9-7-31(23-44-35)51-13-11-29(12-14-51)52-17-15-50(16-18-52)24-26-19-28-25-53(41(58)37(28)32(43)20-26)33-8-10-36(55)47-39(33)56/h7,9,19-23,29-30,33H,3-6,8,10-18,24-25H2,1-2H3,(H,47,55,56)(H,44,45,46,48). The lowest BCUT2D eigenvalue weighted by molar-refractivity contribution is -0.136. The van der Waals surface area contributed by atoms with Crippen molar-refractivity contribution in [1.29, 1.82) is 0 Å². The SMILES string of the molecule is CN(C)C(=O)c1cc2cnc(Nc3ccc(N4CCC(N5CCN(Cc6cc(Br)c7c(c6)CN(C6CCC(=O)NC6=O)C7=O)CC5)CC4)cn3)nc2n1C1CCCC1. The van der Waals surface area contributed by atoms with Gasteiger partial charge in [0.25, 0.3) is 11.8 Å². The molecule has 1 aliphatic carbocycles. The first-order valence-corrected chi connectivity index (χ1v) is 21.4. The third-order valence-electron chi connectivity index (χ3n) is 12.7. The molecule has 9 rings (SSSR count). The molecule has 5 aliphatic rings. The molecule has 2 N–H and O–H groups in total. The summed E-state index contributed by atoms with van der Waals surface area (Å²) in [5.41, 5.74) is 5.25. The van der Waals surface area contributed by atoms with Crippen molar-refractivity contribution in [3.8, 4) is 0 Å². The van der Waals surface area contributed by atoms with E-state index in [0.717, 1.165) is 117 Å². The highest BCUT2D eigenvalue weighted by Gasteiger charge is 2.40. The Kier molecular flexibility index (Phi) is 10.7. The molecule has 1 aromatic carbocycles. The third-order valence-corrected chi connectivity index (χ3v) is 13.3. The number of hydrogen-bond acceptors (Lipinski definition) is 11. The molecule has 7 heterocycles. The summed E-state index contributed by atoms with van der Waals surface area (Å²) in [4.78, 5) is 75.5. The van der Waals surface area contributed by atoms with Crippen LogP contribution >= 0.6 is 15.9 Å². The zero-order valence-electron chi connectivity index (χ0n) is 33.1. The van der Waals surface area contributed by atoms with Gasteiger partial charge in [-0.2, -0.15) is 4.98 Å². The molecule has 4 aliphatic heterocycles. The molecule has 1 saturated carbocycles. The van der Waals surface area contributed by atoms with E-state index in [-0.39, 0.29) is 36.1 Å². The highest BCUT2D eigenvalue weighted by Crippen LogP contribution is 2.36. The number of hydrogen-bond donors (Lipinski definition) is 2. The number of carbonyl (C=O) groups is 4. The van der Waals surface area contributed by atoms with Gasteiger partial charge in [-0.25, -0.2) is 9.97 Å². The van der Waals surface area contributed by atoms with Gasteiger partial charge in [0, 0.05) is 101 Å². The summed E-state index contributed by atoms with van der Waals surface area (Å²) in [6.45, 7) is 7.13. The maximum absolute atomic E-state index is 13.3. The van der Waals surface area contributed by atoms with Crippen LogP contribution in [0.1, 0.15) is 89.4 Å². The minimum absolute atomic E-state index is 0.0237. The van der Waals surface area contributed by atoms with Gasteiger partial charge in [0.05, 0.1) is 17.4 Å². The van der Waals surface area contributed by atoms with Crippen molar-refractivity contribution in [2.45, 2.75) is 82.6 Å². The minimum Gasteiger partial charge on any atom is -0.370 e. The fourth-order valence-corrected chi connectivity index (χ4v) is 10.3. The first-order chi connectivity index (χ1) is 28.1. The number of nitrogens with zero attached hydrogens (tertiary/aromatic N) is 9. The van der Waals surface area contributed by atoms with E-state index in [0.29, 0.717) is 42.0 Å². The van der Waals surface area contributed by atoms with Crippen molar-refractivity contribution in [2.24, 2.45) is 0 Å². The zero-order chi connectivity index (χ0) is 40.1. The first kappa shape index (κ1) is 38.6. The third kappa shape index (κ3) is 7.57. The number of piperazine rings is 1. The van der Waals surface area contributed by atoms with Crippen LogP contribution in [0.25, 0.3) is 11.0 Å². The number of nitrogens with one attached hydrogen (secondary N) is 2. The predicted molar refractivity (Wildman–Crippen MR) is 223 cm³/mol. The van der Waals surface area contributed by atoms with Crippen LogP contribution in [0.2, 0.25) is 0 Å². The van der Waals surface area contributed by atoms with Crippen molar-refractivity contribution >= 4 is 68.0 Å². The Morgan fingerprint density at radius 3 is 2.40 bits per heavy atom. The second-order valence-corrected chi connectivity index (χ2v) is 17.4. The number of aromatic nitrogens is 4. The van der Waals surface area contributed by atoms with E-state index in [4.69, 9.17) is 9.97 Å². The highest BCUT2D eigenvalue weighted by molar-refractivity contribution is 9.10. The lowest BCUT2D eigenvalue weighted by Crippen LogP contribution is -2.53. The largest absolute Gasteiger partial charge is 0.370 e. The smallest absolute Gasteiger partial charge is 0.270 e. The van der Waals surface area contributed by atoms with E-state index in [9.17, 15) is 19.2 Å². The number of benzene rings is 1. The van der Waals surface area contributed by atoms with Crippen LogP contribution in [0, 0.1) is 0 Å². The number of anilines is 3. The number of rotatable bonds is 9. The normalized spacial score (nSPS) is 21.2. The average molecular weight is 853 g/mol. The number of amides is 4. The molecule has 4 amide bonds. The molecule has 0 bridgehead atoms. The van der Waals surface area contributed by atoms with Crippen molar-refractivity contribution in [2.75, 3.05) is 63.6 Å². The lowest BCUT2D eigenvalue weighted by atomic mass is 10.0. The number of fused-ring (bicyclic) bond motifs is 2. The number of pyridine rings is 1. The van der Waals surface area contributed by atoms with Crippen molar-refractivity contribution in [3.63, 3.8) is 0 Å². The Hall–Kier alpha value is -4.93. The molecular formula is C42H50BrN11O4. The Morgan fingerprint density at radius 2 is 1.69 bits per heavy atom. The van der Waals surface area contributed by atoms with Crippen molar-refractivity contribution < 1.29 is 19.2 Å². The van der Waals surface area contributed by atoms with E-state index in [1.165, 1.54) is 0 Å². The summed E-state index contributed by atoms with van der Waals surface area (Å²) in [7, 11) is 3.57. The fraction of sp³-hybridized carbons (Fsp3) is 0.500. The van der Waals surface area contributed by atoms with E-state index in [1.807, 2.05) is 24.4 Å². The van der Waals surface area contributed by atoms with Gasteiger partial charge in [0.15, 0.2) is 0 Å². The minimum atomic E-state index is -0.617.